The highest BCUT2D eigenvalue weighted by Crippen LogP contribution is 2.46. The Balaban J connectivity index is 0.000000468. The molecule has 76 heavy (non-hydrogen) atoms. The first-order chi connectivity index (χ1) is 33.9. The number of furan rings is 2. The molecule has 0 atom stereocenters. The lowest BCUT2D eigenvalue weighted by atomic mass is 9.12. The van der Waals surface area contributed by atoms with Crippen molar-refractivity contribution in [2.24, 2.45) is 0 Å². The van der Waals surface area contributed by atoms with Gasteiger partial charge in [-0.1, -0.05) is 144 Å². The predicted molar refractivity (Wildman–Crippen MR) is 242 cm³/mol. The molecule has 2 aromatic heterocycles. The first kappa shape index (κ1) is 64.3. The molecule has 0 saturated heterocycles. The fraction of sp³-hybridized carbons (Fsp3) is 0.238. The number of hydrogen-bond acceptors (Lipinski definition) is 2. The summed E-state index contributed by atoms with van der Waals surface area (Å²) in [7, 11) is 0. The van der Waals surface area contributed by atoms with Gasteiger partial charge in [-0.2, -0.15) is 127 Å². The van der Waals surface area contributed by atoms with Crippen LogP contribution in [0.15, 0.2) is 106 Å². The molecule has 0 amide bonds. The molecular formula is C42H16BBr6F24IO2. The maximum Gasteiger partial charge on any atom is 0.442 e. The summed E-state index contributed by atoms with van der Waals surface area (Å²) in [6, 6.07) is -1.04. The first-order valence-corrected chi connectivity index (χ1v) is 26.2. The van der Waals surface area contributed by atoms with Crippen molar-refractivity contribution < 1.29 is 135 Å². The molecule has 0 spiro atoms. The zero-order valence-electron chi connectivity index (χ0n) is 35.3. The first-order valence-electron chi connectivity index (χ1n) is 19.3. The summed E-state index contributed by atoms with van der Waals surface area (Å²) < 4.78 is 353. The lowest BCUT2D eigenvalue weighted by Crippen LogP contribution is -3.61. The highest BCUT2D eigenvalue weighted by Gasteiger charge is 2.47. The normalized spacial score (nSPS) is 14.0. The lowest BCUT2D eigenvalue weighted by Gasteiger charge is -2.46. The van der Waals surface area contributed by atoms with Gasteiger partial charge in [-0.25, -0.2) is 0 Å². The lowest BCUT2D eigenvalue weighted by molar-refractivity contribution is -0.636. The van der Waals surface area contributed by atoms with Crippen molar-refractivity contribution in [1.29, 1.82) is 0 Å². The number of rotatable bonds is 6. The van der Waals surface area contributed by atoms with E-state index in [0.29, 0.717) is 0 Å². The van der Waals surface area contributed by atoms with Gasteiger partial charge in [-0.3, -0.25) is 0 Å². The summed E-state index contributed by atoms with van der Waals surface area (Å²) in [4.78, 5) is 0. The highest BCUT2D eigenvalue weighted by atomic mass is 127. The van der Waals surface area contributed by atoms with Gasteiger partial charge in [0.05, 0.1) is 44.5 Å². The largest absolute Gasteiger partial charge is 0.442 e. The van der Waals surface area contributed by atoms with Crippen LogP contribution in [0.25, 0.3) is 0 Å². The minimum Gasteiger partial charge on any atom is -0.420 e. The molecule has 6 rings (SSSR count). The minimum absolute atomic E-state index is 0.485. The third-order valence-electron chi connectivity index (χ3n) is 10.3. The minimum atomic E-state index is -6.13. The average molecular weight is 1630 g/mol. The molecule has 0 unspecified atom stereocenters. The van der Waals surface area contributed by atoms with Gasteiger partial charge in [0.25, 0.3) is 0 Å². The van der Waals surface area contributed by atoms with Gasteiger partial charge in [0, 0.05) is 12.1 Å². The number of halogens is 31. The Morgan fingerprint density at radius 2 is 0.447 bits per heavy atom. The second-order valence-corrected chi connectivity index (χ2v) is 31.7. The van der Waals surface area contributed by atoms with E-state index in [9.17, 15) is 105 Å². The molecule has 0 radical (unpaired) electrons. The molecule has 416 valence electrons. The van der Waals surface area contributed by atoms with Crippen LogP contribution >= 0.6 is 95.6 Å². The van der Waals surface area contributed by atoms with Crippen molar-refractivity contribution >= 4 is 124 Å². The Morgan fingerprint density at radius 3 is 0.579 bits per heavy atom. The van der Waals surface area contributed by atoms with Crippen molar-refractivity contribution in [2.75, 3.05) is 0 Å². The second kappa shape index (κ2) is 21.7. The van der Waals surface area contributed by atoms with Crippen molar-refractivity contribution in [1.82, 2.24) is 0 Å². The molecule has 0 fully saturated rings. The van der Waals surface area contributed by atoms with E-state index < -0.39 is 220 Å². The van der Waals surface area contributed by atoms with E-state index >= 15 is 0 Å². The van der Waals surface area contributed by atoms with E-state index in [2.05, 4.69) is 95.6 Å². The summed E-state index contributed by atoms with van der Waals surface area (Å²) in [6.07, 6.45) is -54.8. The molecule has 0 bridgehead atoms. The van der Waals surface area contributed by atoms with Crippen LogP contribution in [-0.2, 0) is 53.7 Å². The molecule has 2 heterocycles. The molecule has 0 saturated carbocycles. The summed E-state index contributed by atoms with van der Waals surface area (Å²) in [6.45, 7) is 0. The zero-order chi connectivity index (χ0) is 58.2. The molecule has 0 aliphatic heterocycles. The fourth-order valence-corrected chi connectivity index (χ4v) is 10.4. The molecule has 0 aliphatic rings. The van der Waals surface area contributed by atoms with Gasteiger partial charge in [-0.15, -0.1) is 0 Å². The average Bonchev–Trinajstić information content (AvgIpc) is 3.92. The maximum absolute atomic E-state index is 14.2. The molecule has 6 aromatic rings. The Kier molecular flexibility index (Phi) is 18.4. The van der Waals surface area contributed by atoms with Gasteiger partial charge in [0.15, 0.2) is 4.29 Å². The van der Waals surface area contributed by atoms with Crippen molar-refractivity contribution in [3.63, 3.8) is 0 Å². The molecule has 2 nitrogen and oxygen atoms in total. The van der Waals surface area contributed by atoms with E-state index in [0.717, 1.165) is 19.1 Å². The molecule has 0 N–H and O–H groups in total. The quantitative estimate of drug-likeness (QED) is 0.0719. The smallest absolute Gasteiger partial charge is 0.420 e. The van der Waals surface area contributed by atoms with E-state index in [4.69, 9.17) is 8.83 Å². The van der Waals surface area contributed by atoms with Crippen LogP contribution in [0.5, 0.6) is 0 Å². The summed E-state index contributed by atoms with van der Waals surface area (Å²) in [5.74, 6) is 1.54. The second-order valence-electron chi connectivity index (χ2n) is 15.5. The summed E-state index contributed by atoms with van der Waals surface area (Å²) in [5, 5.41) is 0. The predicted octanol–water partition coefficient (Wildman–Crippen LogP) is 14.8. The van der Waals surface area contributed by atoms with Gasteiger partial charge in [0.1, 0.15) is 17.7 Å². The number of benzene rings is 4. The number of alkyl halides is 30. The van der Waals surface area contributed by atoms with Crippen LogP contribution in [-0.4, -0.2) is 6.15 Å². The Morgan fingerprint density at radius 1 is 0.276 bits per heavy atom. The Labute approximate surface area is 469 Å². The summed E-state index contributed by atoms with van der Waals surface area (Å²) in [5.41, 5.74) is -30.2. The van der Waals surface area contributed by atoms with Gasteiger partial charge >= 0.3 is 78.1 Å². The Hall–Kier alpha value is -2.57. The zero-order valence-corrected chi connectivity index (χ0v) is 47.0. The van der Waals surface area contributed by atoms with E-state index in [1.807, 2.05) is 24.3 Å². The SMILES string of the molecule is BrC(Br)(Br)c1ccc([I+]c2ccc(C(Br)(Br)Br)o2)o1.FC(F)(F)c1cc([B-](c2cc(C(F)(F)F)cc(C(F)(F)F)c2)(c2cc(C(F)(F)F)cc(C(F)(F)F)c2)c2cc(C(F)(F)F)cc(C(F)(F)F)c2)cc(C(F)(F)F)c1. The molecular weight excluding hydrogens is 1610 g/mol. The topological polar surface area (TPSA) is 26.3 Å². The van der Waals surface area contributed by atoms with Gasteiger partial charge in [0.2, 0.25) is 0 Å². The maximum atomic E-state index is 14.2. The van der Waals surface area contributed by atoms with E-state index in [1.165, 1.54) is 0 Å². The summed E-state index contributed by atoms with van der Waals surface area (Å²) >= 11 is 20.1. The number of hydrogen-bond donors (Lipinski definition) is 0. The van der Waals surface area contributed by atoms with Crippen LogP contribution in [0.2, 0.25) is 0 Å². The Bertz CT molecular complexity index is 2570. The third-order valence-corrected chi connectivity index (χ3v) is 14.9. The molecule has 0 aliphatic carbocycles. The van der Waals surface area contributed by atoms with Crippen molar-refractivity contribution in [2.45, 2.75) is 53.7 Å². The highest BCUT2D eigenvalue weighted by molar-refractivity contribution is 9.39. The standard InChI is InChI=1S/C32H12BF24.C10H4Br6IO2/c34-25(35,36)13-1-14(26(37,38)39)6-21(5-13)33(22-7-15(27(40,41)42)2-16(8-22)28(43,44)45,23-9-17(29(46,47)48)3-18(10-23)30(49,50)51)24-11-19(31(52,53)54)4-20(12-24)32(55,56)57;11-9(12,13)5-1-3-7(18-5)17-8-4-2-6(19-8)10(14,15)16/h1-12H;1-4H/q-1;+1. The van der Waals surface area contributed by atoms with Crippen molar-refractivity contribution in [3.8, 4) is 0 Å². The molecule has 4 aromatic carbocycles. The van der Waals surface area contributed by atoms with E-state index in [1.54, 1.807) is 0 Å². The van der Waals surface area contributed by atoms with Gasteiger partial charge < -0.3 is 8.83 Å². The van der Waals surface area contributed by atoms with E-state index in [-0.39, 0.29) is 0 Å². The van der Waals surface area contributed by atoms with Crippen molar-refractivity contribution in [3.05, 3.63) is 161 Å². The fourth-order valence-electron chi connectivity index (χ4n) is 7.20. The van der Waals surface area contributed by atoms with Crippen LogP contribution in [0, 0.1) is 7.53 Å². The van der Waals surface area contributed by atoms with Gasteiger partial charge in [-0.05, 0) is 36.4 Å². The third kappa shape index (κ3) is 15.5. The van der Waals surface area contributed by atoms with Crippen LogP contribution in [0.1, 0.15) is 56.0 Å². The molecule has 34 heteroatoms. The van der Waals surface area contributed by atoms with Crippen LogP contribution in [0.4, 0.5) is 105 Å². The van der Waals surface area contributed by atoms with Crippen LogP contribution < -0.4 is 43.1 Å². The monoisotopic (exact) mass is 1620 g/mol. The van der Waals surface area contributed by atoms with Crippen LogP contribution in [0.3, 0.4) is 0 Å².